The Hall–Kier alpha value is -1.20. The van der Waals surface area contributed by atoms with Crippen molar-refractivity contribution in [1.29, 1.82) is 0 Å². The maximum atomic E-state index is 11.3. The summed E-state index contributed by atoms with van der Waals surface area (Å²) in [4.78, 5) is 18.4. The van der Waals surface area contributed by atoms with E-state index in [1.165, 1.54) is 6.07 Å². The Labute approximate surface area is 87.7 Å². The molecular formula is C10H15N3O2. The van der Waals surface area contributed by atoms with E-state index in [2.05, 4.69) is 9.97 Å². The van der Waals surface area contributed by atoms with E-state index in [1.54, 1.807) is 0 Å². The maximum Gasteiger partial charge on any atom is 0.251 e. The monoisotopic (exact) mass is 209 g/mol. The number of hydrogen-bond donors (Lipinski definition) is 2. The average Bonchev–Trinajstić information content (AvgIpc) is 2.29. The van der Waals surface area contributed by atoms with E-state index in [9.17, 15) is 4.79 Å². The van der Waals surface area contributed by atoms with E-state index in [4.69, 9.17) is 10.5 Å². The number of H-pyrrole nitrogens is 1. The van der Waals surface area contributed by atoms with Crippen LogP contribution in [0.5, 0.6) is 0 Å². The highest BCUT2D eigenvalue weighted by Crippen LogP contribution is 2.21. The van der Waals surface area contributed by atoms with Gasteiger partial charge >= 0.3 is 0 Å². The Morgan fingerprint density at radius 1 is 1.67 bits per heavy atom. The molecule has 1 aromatic heterocycles. The molecule has 0 saturated carbocycles. The molecule has 1 atom stereocenters. The van der Waals surface area contributed by atoms with Crippen molar-refractivity contribution < 1.29 is 4.74 Å². The smallest absolute Gasteiger partial charge is 0.251 e. The van der Waals surface area contributed by atoms with Crippen molar-refractivity contribution in [3.05, 3.63) is 27.9 Å². The van der Waals surface area contributed by atoms with Crippen LogP contribution in [-0.2, 0) is 11.3 Å². The number of nitrogens with two attached hydrogens (primary N) is 1. The normalized spacial score (nSPS) is 21.5. The second-order valence-electron chi connectivity index (χ2n) is 3.74. The third-order valence-corrected chi connectivity index (χ3v) is 2.57. The quantitative estimate of drug-likeness (QED) is 0.725. The minimum Gasteiger partial charge on any atom is -0.381 e. The zero-order chi connectivity index (χ0) is 10.7. The van der Waals surface area contributed by atoms with Gasteiger partial charge < -0.3 is 15.5 Å². The topological polar surface area (TPSA) is 81.0 Å². The summed E-state index contributed by atoms with van der Waals surface area (Å²) < 4.78 is 5.36. The van der Waals surface area contributed by atoms with Gasteiger partial charge in [0.15, 0.2) is 0 Å². The molecule has 0 aliphatic carbocycles. The van der Waals surface area contributed by atoms with Crippen LogP contribution < -0.4 is 11.3 Å². The molecule has 0 amide bonds. The van der Waals surface area contributed by atoms with Crippen LogP contribution >= 0.6 is 0 Å². The highest BCUT2D eigenvalue weighted by Gasteiger charge is 2.18. The number of aromatic nitrogens is 2. The van der Waals surface area contributed by atoms with Crippen molar-refractivity contribution in [3.8, 4) is 0 Å². The molecule has 1 saturated heterocycles. The Morgan fingerprint density at radius 3 is 3.20 bits per heavy atom. The molecule has 15 heavy (non-hydrogen) atoms. The summed E-state index contributed by atoms with van der Waals surface area (Å²) in [6.45, 7) is 1.73. The molecule has 1 aliphatic heterocycles. The molecule has 3 N–H and O–H groups in total. The van der Waals surface area contributed by atoms with Crippen LogP contribution in [0.25, 0.3) is 0 Å². The SMILES string of the molecule is NCc1cc(=O)[nH]c(C2CCCOC2)n1. The zero-order valence-electron chi connectivity index (χ0n) is 8.53. The van der Waals surface area contributed by atoms with Crippen LogP contribution in [0.3, 0.4) is 0 Å². The first-order chi connectivity index (χ1) is 7.29. The molecule has 1 aromatic rings. The zero-order valence-corrected chi connectivity index (χ0v) is 8.53. The predicted molar refractivity (Wildman–Crippen MR) is 55.5 cm³/mol. The van der Waals surface area contributed by atoms with Gasteiger partial charge in [-0.25, -0.2) is 4.98 Å². The molecule has 82 valence electrons. The highest BCUT2D eigenvalue weighted by atomic mass is 16.5. The largest absolute Gasteiger partial charge is 0.381 e. The maximum absolute atomic E-state index is 11.3. The molecule has 0 spiro atoms. The van der Waals surface area contributed by atoms with Gasteiger partial charge in [-0.05, 0) is 12.8 Å². The molecule has 5 heteroatoms. The van der Waals surface area contributed by atoms with Gasteiger partial charge in [0, 0.05) is 25.1 Å². The van der Waals surface area contributed by atoms with Gasteiger partial charge in [-0.15, -0.1) is 0 Å². The van der Waals surface area contributed by atoms with Crippen molar-refractivity contribution in [2.45, 2.75) is 25.3 Å². The summed E-state index contributed by atoms with van der Waals surface area (Å²) in [7, 11) is 0. The van der Waals surface area contributed by atoms with Crippen molar-refractivity contribution in [3.63, 3.8) is 0 Å². The summed E-state index contributed by atoms with van der Waals surface area (Å²) in [6.07, 6.45) is 2.03. The van der Waals surface area contributed by atoms with Gasteiger partial charge in [-0.2, -0.15) is 0 Å². The van der Waals surface area contributed by atoms with Crippen molar-refractivity contribution in [2.24, 2.45) is 5.73 Å². The molecule has 1 aliphatic rings. The Bertz CT molecular complexity index is 382. The fourth-order valence-corrected chi connectivity index (χ4v) is 1.78. The predicted octanol–water partition coefficient (Wildman–Crippen LogP) is 0.123. The minimum absolute atomic E-state index is 0.133. The van der Waals surface area contributed by atoms with Gasteiger partial charge in [-0.1, -0.05) is 0 Å². The van der Waals surface area contributed by atoms with Crippen LogP contribution in [0.2, 0.25) is 0 Å². The van der Waals surface area contributed by atoms with E-state index in [0.29, 0.717) is 24.7 Å². The molecule has 0 radical (unpaired) electrons. The molecule has 1 unspecified atom stereocenters. The van der Waals surface area contributed by atoms with Gasteiger partial charge in [0.05, 0.1) is 12.3 Å². The number of nitrogens with one attached hydrogen (secondary N) is 1. The lowest BCUT2D eigenvalue weighted by Gasteiger charge is -2.21. The lowest BCUT2D eigenvalue weighted by molar-refractivity contribution is 0.0779. The van der Waals surface area contributed by atoms with Crippen LogP contribution in [0.1, 0.15) is 30.3 Å². The number of nitrogens with zero attached hydrogens (tertiary/aromatic N) is 1. The summed E-state index contributed by atoms with van der Waals surface area (Å²) in [6, 6.07) is 1.44. The summed E-state index contributed by atoms with van der Waals surface area (Å²) in [5.74, 6) is 0.917. The lowest BCUT2D eigenvalue weighted by Crippen LogP contribution is -2.22. The first kappa shape index (κ1) is 10.3. The molecule has 1 fully saturated rings. The molecule has 0 bridgehead atoms. The van der Waals surface area contributed by atoms with Crippen LogP contribution in [0, 0.1) is 0 Å². The van der Waals surface area contributed by atoms with E-state index in [1.807, 2.05) is 0 Å². The highest BCUT2D eigenvalue weighted by molar-refractivity contribution is 5.06. The molecule has 5 nitrogen and oxygen atoms in total. The van der Waals surface area contributed by atoms with Crippen LogP contribution in [0.15, 0.2) is 10.9 Å². The average molecular weight is 209 g/mol. The lowest BCUT2D eigenvalue weighted by atomic mass is 10.0. The van der Waals surface area contributed by atoms with Gasteiger partial charge in [0.2, 0.25) is 0 Å². The number of rotatable bonds is 2. The van der Waals surface area contributed by atoms with Crippen molar-refractivity contribution in [2.75, 3.05) is 13.2 Å². The van der Waals surface area contributed by atoms with E-state index in [0.717, 1.165) is 19.4 Å². The van der Waals surface area contributed by atoms with Crippen LogP contribution in [-0.4, -0.2) is 23.2 Å². The third kappa shape index (κ3) is 2.43. The molecular weight excluding hydrogens is 194 g/mol. The Balaban J connectivity index is 2.26. The first-order valence-corrected chi connectivity index (χ1v) is 5.17. The van der Waals surface area contributed by atoms with E-state index in [-0.39, 0.29) is 11.5 Å². The number of aromatic amines is 1. The Kier molecular flexibility index (Phi) is 3.13. The fourth-order valence-electron chi connectivity index (χ4n) is 1.78. The molecule has 2 rings (SSSR count). The molecule has 0 aromatic carbocycles. The Morgan fingerprint density at radius 2 is 2.53 bits per heavy atom. The van der Waals surface area contributed by atoms with E-state index < -0.39 is 0 Å². The second-order valence-corrected chi connectivity index (χ2v) is 3.74. The van der Waals surface area contributed by atoms with Gasteiger partial charge in [0.1, 0.15) is 5.82 Å². The summed E-state index contributed by atoms with van der Waals surface area (Å²) in [5.41, 5.74) is 5.98. The van der Waals surface area contributed by atoms with Crippen LogP contribution in [0.4, 0.5) is 0 Å². The standard InChI is InChI=1S/C10H15N3O2/c11-5-8-4-9(14)13-10(12-8)7-2-1-3-15-6-7/h4,7H,1-3,5-6,11H2,(H,12,13,14). The molecule has 2 heterocycles. The third-order valence-electron chi connectivity index (χ3n) is 2.57. The van der Waals surface area contributed by atoms with E-state index >= 15 is 0 Å². The second kappa shape index (κ2) is 4.55. The van der Waals surface area contributed by atoms with Crippen molar-refractivity contribution >= 4 is 0 Å². The van der Waals surface area contributed by atoms with Gasteiger partial charge in [-0.3, -0.25) is 4.79 Å². The number of ether oxygens (including phenoxy) is 1. The van der Waals surface area contributed by atoms with Gasteiger partial charge in [0.25, 0.3) is 5.56 Å². The summed E-state index contributed by atoms with van der Waals surface area (Å²) >= 11 is 0. The summed E-state index contributed by atoms with van der Waals surface area (Å²) in [5, 5.41) is 0. The number of hydrogen-bond acceptors (Lipinski definition) is 4. The minimum atomic E-state index is -0.133. The van der Waals surface area contributed by atoms with Crippen molar-refractivity contribution in [1.82, 2.24) is 9.97 Å². The fraction of sp³-hybridized carbons (Fsp3) is 0.600. The first-order valence-electron chi connectivity index (χ1n) is 5.17.